The van der Waals surface area contributed by atoms with Crippen LogP contribution in [0.3, 0.4) is 0 Å². The van der Waals surface area contributed by atoms with Crippen LogP contribution < -0.4 is 11.1 Å². The molecule has 1 aliphatic rings. The Kier molecular flexibility index (Phi) is 5.56. The highest BCUT2D eigenvalue weighted by Gasteiger charge is 2.18. The minimum atomic E-state index is -0.0654. The first-order chi connectivity index (χ1) is 14.1. The van der Waals surface area contributed by atoms with Crippen molar-refractivity contribution >= 4 is 33.8 Å². The molecule has 0 saturated heterocycles. The van der Waals surface area contributed by atoms with Crippen molar-refractivity contribution in [3.05, 3.63) is 66.0 Å². The quantitative estimate of drug-likeness (QED) is 0.487. The Morgan fingerprint density at radius 2 is 1.76 bits per heavy atom. The fraction of sp³-hybridized carbons (Fsp3) is 0.292. The average molecular weight is 386 g/mol. The second-order valence-electron chi connectivity index (χ2n) is 7.64. The zero-order chi connectivity index (χ0) is 20.2. The number of anilines is 1. The first-order valence-corrected chi connectivity index (χ1v) is 10.2. The number of rotatable bonds is 5. The molecule has 1 fully saturated rings. The van der Waals surface area contributed by atoms with Gasteiger partial charge in [-0.2, -0.15) is 0 Å². The Morgan fingerprint density at radius 1 is 1.00 bits per heavy atom. The number of ketones is 1. The third kappa shape index (κ3) is 4.14. The molecule has 4 rings (SSSR count). The lowest BCUT2D eigenvalue weighted by Gasteiger charge is -2.24. The molecule has 0 amide bonds. The summed E-state index contributed by atoms with van der Waals surface area (Å²) in [5, 5.41) is 4.51. The lowest BCUT2D eigenvalue weighted by molar-refractivity contribution is -0.111. The van der Waals surface area contributed by atoms with Crippen molar-refractivity contribution in [3.8, 4) is 0 Å². The Hall–Kier alpha value is -3.21. The molecule has 1 saturated carbocycles. The maximum Gasteiger partial charge on any atom is 0.162 e. The number of carbonyl (C=O) groups excluding carboxylic acids is 1. The smallest absolute Gasteiger partial charge is 0.162 e. The molecule has 0 bridgehead atoms. The van der Waals surface area contributed by atoms with Gasteiger partial charge in [-0.25, -0.2) is 9.97 Å². The van der Waals surface area contributed by atoms with Gasteiger partial charge in [-0.3, -0.25) is 4.79 Å². The van der Waals surface area contributed by atoms with Gasteiger partial charge in [-0.15, -0.1) is 0 Å². The second kappa shape index (κ2) is 8.43. The van der Waals surface area contributed by atoms with Crippen molar-refractivity contribution in [1.82, 2.24) is 9.97 Å². The standard InChI is InChI=1S/C24H26N4O/c1-16(29)22(23(25)17-8-4-2-5-9-17)18-12-13-21-20(14-18)24(27-15-26-21)28-19-10-6-3-7-11-19/h2,4-5,8-9,12-15,19H,3,6-7,10-11,25H2,1H3,(H,26,27,28). The van der Waals surface area contributed by atoms with Crippen molar-refractivity contribution in [2.24, 2.45) is 5.73 Å². The van der Waals surface area contributed by atoms with Gasteiger partial charge in [-0.05, 0) is 43.0 Å². The van der Waals surface area contributed by atoms with E-state index in [1.54, 1.807) is 13.3 Å². The van der Waals surface area contributed by atoms with Crippen molar-refractivity contribution < 1.29 is 4.79 Å². The van der Waals surface area contributed by atoms with Gasteiger partial charge in [0.15, 0.2) is 5.78 Å². The van der Waals surface area contributed by atoms with E-state index in [0.717, 1.165) is 40.7 Å². The third-order valence-corrected chi connectivity index (χ3v) is 5.58. The first-order valence-electron chi connectivity index (χ1n) is 10.2. The van der Waals surface area contributed by atoms with Crippen LogP contribution in [-0.2, 0) is 4.79 Å². The molecule has 5 heteroatoms. The summed E-state index contributed by atoms with van der Waals surface area (Å²) in [7, 11) is 0. The third-order valence-electron chi connectivity index (χ3n) is 5.58. The summed E-state index contributed by atoms with van der Waals surface area (Å²) in [4.78, 5) is 21.4. The number of benzene rings is 2. The van der Waals surface area contributed by atoms with Crippen molar-refractivity contribution in [2.75, 3.05) is 5.32 Å². The minimum absolute atomic E-state index is 0.0654. The van der Waals surface area contributed by atoms with Crippen molar-refractivity contribution in [1.29, 1.82) is 0 Å². The number of hydrogen-bond acceptors (Lipinski definition) is 5. The summed E-state index contributed by atoms with van der Waals surface area (Å²) in [5.74, 6) is 0.759. The van der Waals surface area contributed by atoms with E-state index in [9.17, 15) is 4.79 Å². The van der Waals surface area contributed by atoms with Crippen LogP contribution >= 0.6 is 0 Å². The molecule has 148 valence electrons. The monoisotopic (exact) mass is 386 g/mol. The fourth-order valence-electron chi connectivity index (χ4n) is 4.08. The normalized spacial score (nSPS) is 15.8. The van der Waals surface area contributed by atoms with Crippen LogP contribution in [0.1, 0.15) is 50.2 Å². The molecule has 1 heterocycles. The van der Waals surface area contributed by atoms with E-state index in [4.69, 9.17) is 5.73 Å². The Bertz CT molecular complexity index is 1050. The van der Waals surface area contributed by atoms with Gasteiger partial charge in [0.25, 0.3) is 0 Å². The summed E-state index contributed by atoms with van der Waals surface area (Å²) < 4.78 is 0. The summed E-state index contributed by atoms with van der Waals surface area (Å²) >= 11 is 0. The highest BCUT2D eigenvalue weighted by atomic mass is 16.1. The van der Waals surface area contributed by atoms with Gasteiger partial charge in [0.1, 0.15) is 12.1 Å². The lowest BCUT2D eigenvalue weighted by Crippen LogP contribution is -2.23. The molecule has 3 aromatic rings. The summed E-state index contributed by atoms with van der Waals surface area (Å²) in [6.07, 6.45) is 7.70. The number of hydrogen-bond donors (Lipinski definition) is 2. The number of fused-ring (bicyclic) bond motifs is 1. The zero-order valence-electron chi connectivity index (χ0n) is 16.7. The molecule has 0 radical (unpaired) electrons. The van der Waals surface area contributed by atoms with Crippen LogP contribution in [0, 0.1) is 0 Å². The van der Waals surface area contributed by atoms with E-state index < -0.39 is 0 Å². The van der Waals surface area contributed by atoms with Gasteiger partial charge in [0, 0.05) is 17.0 Å². The predicted molar refractivity (Wildman–Crippen MR) is 118 cm³/mol. The van der Waals surface area contributed by atoms with Gasteiger partial charge in [-0.1, -0.05) is 55.7 Å². The topological polar surface area (TPSA) is 80.9 Å². The van der Waals surface area contributed by atoms with Gasteiger partial charge in [0.2, 0.25) is 0 Å². The SMILES string of the molecule is CC(=O)C(=C(N)c1ccccc1)c1ccc2ncnc(NC3CCCCC3)c2c1. The fourth-order valence-corrected chi connectivity index (χ4v) is 4.08. The number of Topliss-reactive ketones (excluding diaryl/α,β-unsaturated/α-hetero) is 1. The van der Waals surface area contributed by atoms with Crippen LogP contribution in [0.5, 0.6) is 0 Å². The van der Waals surface area contributed by atoms with Crippen molar-refractivity contribution in [3.63, 3.8) is 0 Å². The summed E-state index contributed by atoms with van der Waals surface area (Å²) in [6, 6.07) is 15.8. The number of nitrogens with two attached hydrogens (primary N) is 1. The number of nitrogens with one attached hydrogen (secondary N) is 1. The second-order valence-corrected chi connectivity index (χ2v) is 7.64. The Labute approximate surface area is 171 Å². The lowest BCUT2D eigenvalue weighted by atomic mass is 9.94. The molecular formula is C24H26N4O. The van der Waals surface area contributed by atoms with Gasteiger partial charge in [0.05, 0.1) is 11.2 Å². The van der Waals surface area contributed by atoms with E-state index in [1.165, 1.54) is 19.3 Å². The Balaban J connectivity index is 1.79. The average Bonchev–Trinajstić information content (AvgIpc) is 2.75. The first kappa shape index (κ1) is 19.1. The molecule has 3 N–H and O–H groups in total. The van der Waals surface area contributed by atoms with E-state index >= 15 is 0 Å². The largest absolute Gasteiger partial charge is 0.398 e. The molecule has 0 atom stereocenters. The molecule has 0 aliphatic heterocycles. The van der Waals surface area contributed by atoms with Crippen LogP contribution in [0.4, 0.5) is 5.82 Å². The highest BCUT2D eigenvalue weighted by molar-refractivity contribution is 6.27. The molecule has 5 nitrogen and oxygen atoms in total. The van der Waals surface area contributed by atoms with Gasteiger partial charge < -0.3 is 11.1 Å². The summed E-state index contributed by atoms with van der Waals surface area (Å²) in [6.45, 7) is 1.55. The van der Waals surface area contributed by atoms with Crippen LogP contribution in [-0.4, -0.2) is 21.8 Å². The zero-order valence-corrected chi connectivity index (χ0v) is 16.7. The number of carbonyl (C=O) groups is 1. The molecular weight excluding hydrogens is 360 g/mol. The summed E-state index contributed by atoms with van der Waals surface area (Å²) in [5.41, 5.74) is 9.89. The minimum Gasteiger partial charge on any atom is -0.398 e. The van der Waals surface area contributed by atoms with E-state index in [1.807, 2.05) is 48.5 Å². The number of allylic oxidation sites excluding steroid dienone is 1. The van der Waals surface area contributed by atoms with Crippen molar-refractivity contribution in [2.45, 2.75) is 45.1 Å². The highest BCUT2D eigenvalue weighted by Crippen LogP contribution is 2.30. The van der Waals surface area contributed by atoms with E-state index in [-0.39, 0.29) is 5.78 Å². The number of nitrogens with zero attached hydrogens (tertiary/aromatic N) is 2. The van der Waals surface area contributed by atoms with Crippen LogP contribution in [0.15, 0.2) is 54.9 Å². The molecule has 0 unspecified atom stereocenters. The maximum atomic E-state index is 12.5. The Morgan fingerprint density at radius 3 is 2.48 bits per heavy atom. The predicted octanol–water partition coefficient (Wildman–Crippen LogP) is 4.79. The van der Waals surface area contributed by atoms with E-state index in [2.05, 4.69) is 15.3 Å². The molecule has 29 heavy (non-hydrogen) atoms. The van der Waals surface area contributed by atoms with Gasteiger partial charge >= 0.3 is 0 Å². The van der Waals surface area contributed by atoms with E-state index in [0.29, 0.717) is 17.3 Å². The molecule has 2 aromatic carbocycles. The molecule has 1 aliphatic carbocycles. The number of aromatic nitrogens is 2. The molecule has 0 spiro atoms. The van der Waals surface area contributed by atoms with Crippen LogP contribution in [0.25, 0.3) is 22.2 Å². The van der Waals surface area contributed by atoms with Crippen LogP contribution in [0.2, 0.25) is 0 Å². The maximum absolute atomic E-state index is 12.5. The molecule has 1 aromatic heterocycles.